The maximum atomic E-state index is 12.2. The fourth-order valence-electron chi connectivity index (χ4n) is 1.93. The predicted molar refractivity (Wildman–Crippen MR) is 80.6 cm³/mol. The normalized spacial score (nSPS) is 10.4. The number of halogens is 1. The molecule has 1 aromatic carbocycles. The van der Waals surface area contributed by atoms with Crippen LogP contribution in [0.3, 0.4) is 0 Å². The second-order valence-corrected chi connectivity index (χ2v) is 5.33. The van der Waals surface area contributed by atoms with Crippen molar-refractivity contribution in [3.05, 3.63) is 72.6 Å². The summed E-state index contributed by atoms with van der Waals surface area (Å²) in [6.07, 6.45) is 1.07. The Morgan fingerprint density at radius 1 is 1.38 bits per heavy atom. The van der Waals surface area contributed by atoms with E-state index in [-0.39, 0.29) is 22.5 Å². The smallest absolute Gasteiger partial charge is 0.286 e. The molecule has 6 nitrogen and oxygen atoms in total. The zero-order valence-corrected chi connectivity index (χ0v) is 12.7. The monoisotopic (exact) mass is 350 g/mol. The second kappa shape index (κ2) is 6.01. The first-order valence-corrected chi connectivity index (χ1v) is 6.82. The van der Waals surface area contributed by atoms with E-state index in [0.29, 0.717) is 5.56 Å². The van der Waals surface area contributed by atoms with Gasteiger partial charge in [0.25, 0.3) is 11.2 Å². The lowest BCUT2D eigenvalue weighted by Crippen LogP contribution is -2.25. The number of carbonyl (C=O) groups is 1. The number of nitro groups is 1. The number of ketones is 1. The minimum atomic E-state index is -0.612. The summed E-state index contributed by atoms with van der Waals surface area (Å²) in [6.45, 7) is 1.54. The third-order valence-corrected chi connectivity index (χ3v) is 3.57. The van der Waals surface area contributed by atoms with Gasteiger partial charge in [0.1, 0.15) is 0 Å². The van der Waals surface area contributed by atoms with E-state index < -0.39 is 10.5 Å². The van der Waals surface area contributed by atoms with Gasteiger partial charge < -0.3 is 0 Å². The molecule has 0 radical (unpaired) electrons. The van der Waals surface area contributed by atoms with Gasteiger partial charge in [0.2, 0.25) is 0 Å². The van der Waals surface area contributed by atoms with Gasteiger partial charge in [-0.1, -0.05) is 24.3 Å². The molecule has 0 atom stereocenters. The molecule has 7 heteroatoms. The molecule has 21 heavy (non-hydrogen) atoms. The molecule has 0 bridgehead atoms. The molecular formula is C14H11BrN2O4. The average molecular weight is 351 g/mol. The third kappa shape index (κ3) is 3.25. The van der Waals surface area contributed by atoms with Gasteiger partial charge in [0.05, 0.1) is 22.1 Å². The highest BCUT2D eigenvalue weighted by atomic mass is 79.9. The highest BCUT2D eigenvalue weighted by molar-refractivity contribution is 9.10. The molecule has 0 fully saturated rings. The van der Waals surface area contributed by atoms with Crippen LogP contribution in [-0.4, -0.2) is 15.3 Å². The Morgan fingerprint density at radius 3 is 2.67 bits per heavy atom. The summed E-state index contributed by atoms with van der Waals surface area (Å²) in [5.74, 6) is -0.275. The van der Waals surface area contributed by atoms with Gasteiger partial charge in [0, 0.05) is 11.6 Å². The van der Waals surface area contributed by atoms with Crippen molar-refractivity contribution in [2.75, 3.05) is 0 Å². The van der Waals surface area contributed by atoms with Crippen molar-refractivity contribution in [2.45, 2.75) is 13.5 Å². The van der Waals surface area contributed by atoms with Crippen molar-refractivity contribution in [1.82, 2.24) is 4.57 Å². The molecule has 2 aromatic rings. The van der Waals surface area contributed by atoms with Crippen molar-refractivity contribution < 1.29 is 9.72 Å². The Labute approximate surface area is 128 Å². The lowest BCUT2D eigenvalue weighted by atomic mass is 10.1. The average Bonchev–Trinajstić information content (AvgIpc) is 2.43. The van der Waals surface area contributed by atoms with Crippen LogP contribution in [0.4, 0.5) is 5.69 Å². The van der Waals surface area contributed by atoms with Crippen LogP contribution in [0.2, 0.25) is 0 Å². The zero-order valence-electron chi connectivity index (χ0n) is 11.1. The first-order valence-electron chi connectivity index (χ1n) is 6.03. The van der Waals surface area contributed by atoms with Crippen molar-refractivity contribution in [1.29, 1.82) is 0 Å². The number of nitrogens with zero attached hydrogens (tertiary/aromatic N) is 2. The summed E-state index contributed by atoms with van der Waals surface area (Å²) < 4.78 is 1.09. The summed E-state index contributed by atoms with van der Waals surface area (Å²) in [7, 11) is 0. The van der Waals surface area contributed by atoms with E-state index in [9.17, 15) is 19.7 Å². The molecule has 1 aromatic heterocycles. The summed E-state index contributed by atoms with van der Waals surface area (Å²) in [4.78, 5) is 34.4. The van der Waals surface area contributed by atoms with Crippen LogP contribution in [0.15, 0.2) is 45.8 Å². The first-order chi connectivity index (χ1) is 9.90. The number of aryl methyl sites for hydroxylation is 1. The molecule has 0 saturated heterocycles. The quantitative estimate of drug-likeness (QED) is 0.482. The van der Waals surface area contributed by atoms with Crippen LogP contribution in [0.5, 0.6) is 0 Å². The van der Waals surface area contributed by atoms with Gasteiger partial charge in [-0.3, -0.25) is 24.3 Å². The van der Waals surface area contributed by atoms with E-state index in [2.05, 4.69) is 15.9 Å². The SMILES string of the molecule is Cc1ccccc1C(=O)Cn1cc([N+](=O)[O-])cc(Br)c1=O. The van der Waals surface area contributed by atoms with Gasteiger partial charge in [-0.15, -0.1) is 0 Å². The first kappa shape index (κ1) is 15.1. The zero-order chi connectivity index (χ0) is 15.6. The molecule has 0 unspecified atom stereocenters. The van der Waals surface area contributed by atoms with Crippen molar-refractivity contribution in [3.63, 3.8) is 0 Å². The fraction of sp³-hybridized carbons (Fsp3) is 0.143. The summed E-state index contributed by atoms with van der Waals surface area (Å²) in [6, 6.07) is 8.11. The van der Waals surface area contributed by atoms with Crippen LogP contribution < -0.4 is 5.56 Å². The molecule has 1 heterocycles. The Balaban J connectivity index is 2.40. The Bertz CT molecular complexity index is 783. The van der Waals surface area contributed by atoms with Crippen LogP contribution >= 0.6 is 15.9 Å². The lowest BCUT2D eigenvalue weighted by Gasteiger charge is -2.07. The number of pyridine rings is 1. The van der Waals surface area contributed by atoms with Crippen LogP contribution in [-0.2, 0) is 6.54 Å². The van der Waals surface area contributed by atoms with Crippen molar-refractivity contribution >= 4 is 27.4 Å². The summed E-state index contributed by atoms with van der Waals surface area (Å²) >= 11 is 2.98. The molecule has 0 aliphatic heterocycles. The van der Waals surface area contributed by atoms with E-state index >= 15 is 0 Å². The highest BCUT2D eigenvalue weighted by Crippen LogP contribution is 2.15. The predicted octanol–water partition coefficient (Wildman–Crippen LogP) is 2.71. The minimum Gasteiger partial charge on any atom is -0.300 e. The topological polar surface area (TPSA) is 82.2 Å². The van der Waals surface area contributed by atoms with Crippen LogP contribution in [0, 0.1) is 17.0 Å². The van der Waals surface area contributed by atoms with E-state index in [0.717, 1.165) is 22.4 Å². The molecular weight excluding hydrogens is 340 g/mol. The number of benzene rings is 1. The van der Waals surface area contributed by atoms with Gasteiger partial charge >= 0.3 is 0 Å². The third-order valence-electron chi connectivity index (χ3n) is 3.00. The van der Waals surface area contributed by atoms with Gasteiger partial charge in [-0.05, 0) is 28.4 Å². The molecule has 108 valence electrons. The number of Topliss-reactive ketones (excluding diaryl/α,β-unsaturated/α-hetero) is 1. The molecule has 0 amide bonds. The van der Waals surface area contributed by atoms with Crippen LogP contribution in [0.1, 0.15) is 15.9 Å². The largest absolute Gasteiger partial charge is 0.300 e. The maximum absolute atomic E-state index is 12.2. The van der Waals surface area contributed by atoms with Gasteiger partial charge in [-0.25, -0.2) is 0 Å². The van der Waals surface area contributed by atoms with E-state index in [1.807, 2.05) is 6.07 Å². The van der Waals surface area contributed by atoms with Gasteiger partial charge in [0.15, 0.2) is 5.78 Å². The molecule has 0 aliphatic rings. The maximum Gasteiger partial charge on any atom is 0.286 e. The number of hydrogen-bond donors (Lipinski definition) is 0. The highest BCUT2D eigenvalue weighted by Gasteiger charge is 2.15. The van der Waals surface area contributed by atoms with Crippen molar-refractivity contribution in [2.24, 2.45) is 0 Å². The standard InChI is InChI=1S/C14H11BrN2O4/c1-9-4-2-3-5-11(9)13(18)8-16-7-10(17(20)21)6-12(15)14(16)19/h2-7H,8H2,1H3. The molecule has 0 spiro atoms. The Morgan fingerprint density at radius 2 is 2.05 bits per heavy atom. The van der Waals surface area contributed by atoms with Crippen LogP contribution in [0.25, 0.3) is 0 Å². The molecule has 0 saturated carbocycles. The number of rotatable bonds is 4. The van der Waals surface area contributed by atoms with E-state index in [1.165, 1.54) is 0 Å². The van der Waals surface area contributed by atoms with E-state index in [4.69, 9.17) is 0 Å². The van der Waals surface area contributed by atoms with Crippen molar-refractivity contribution in [3.8, 4) is 0 Å². The number of hydrogen-bond acceptors (Lipinski definition) is 4. The summed E-state index contributed by atoms with van der Waals surface area (Å²) in [5, 5.41) is 10.8. The lowest BCUT2D eigenvalue weighted by molar-refractivity contribution is -0.385. The Hall–Kier alpha value is -2.28. The minimum absolute atomic E-state index is 0.0503. The molecule has 2 rings (SSSR count). The molecule has 0 N–H and O–H groups in total. The number of aromatic nitrogens is 1. The Kier molecular flexibility index (Phi) is 4.32. The fourth-order valence-corrected chi connectivity index (χ4v) is 2.39. The second-order valence-electron chi connectivity index (χ2n) is 4.47. The summed E-state index contributed by atoms with van der Waals surface area (Å²) in [5.41, 5.74) is 0.550. The van der Waals surface area contributed by atoms with Gasteiger partial charge in [-0.2, -0.15) is 0 Å². The number of carbonyl (C=O) groups excluding carboxylic acids is 1. The molecule has 0 aliphatic carbocycles. The van der Waals surface area contributed by atoms with E-state index in [1.54, 1.807) is 25.1 Å².